The lowest BCUT2D eigenvalue weighted by Crippen LogP contribution is -2.42. The molecule has 0 atom stereocenters. The third-order valence-corrected chi connectivity index (χ3v) is 6.46. The maximum absolute atomic E-state index is 11.2. The average Bonchev–Trinajstić information content (AvgIpc) is 2.72. The van der Waals surface area contributed by atoms with E-state index in [1.54, 1.807) is 0 Å². The fraction of sp³-hybridized carbons (Fsp3) is 0.520. The Labute approximate surface area is 180 Å². The molecule has 0 aromatic heterocycles. The number of hydrogen-bond acceptors (Lipinski definition) is 4. The summed E-state index contributed by atoms with van der Waals surface area (Å²) in [7, 11) is 0. The Morgan fingerprint density at radius 2 is 1.70 bits per heavy atom. The molecular formula is C25H34N2O3. The first-order chi connectivity index (χ1) is 14.4. The summed E-state index contributed by atoms with van der Waals surface area (Å²) in [6.07, 6.45) is 4.50. The van der Waals surface area contributed by atoms with Crippen LogP contribution >= 0.6 is 0 Å². The van der Waals surface area contributed by atoms with Crippen LogP contribution in [0.25, 0.3) is 0 Å². The molecule has 0 saturated carbocycles. The Balaban J connectivity index is 1.62. The fourth-order valence-corrected chi connectivity index (χ4v) is 4.71. The number of benzene rings is 2. The summed E-state index contributed by atoms with van der Waals surface area (Å²) in [5, 5.41) is 11.2. The van der Waals surface area contributed by atoms with E-state index >= 15 is 0 Å². The van der Waals surface area contributed by atoms with Gasteiger partial charge in [-0.05, 0) is 88.2 Å². The zero-order valence-electron chi connectivity index (χ0n) is 18.5. The first-order valence-corrected chi connectivity index (χ1v) is 11.0. The van der Waals surface area contributed by atoms with Gasteiger partial charge in [-0.1, -0.05) is 30.3 Å². The molecule has 1 heterocycles. The van der Waals surface area contributed by atoms with Crippen molar-refractivity contribution in [2.75, 3.05) is 26.3 Å². The Morgan fingerprint density at radius 3 is 2.27 bits per heavy atom. The summed E-state index contributed by atoms with van der Waals surface area (Å²) in [6, 6.07) is 14.7. The van der Waals surface area contributed by atoms with Gasteiger partial charge in [0, 0.05) is 24.3 Å². The minimum Gasteiger partial charge on any atom is -0.381 e. The van der Waals surface area contributed by atoms with Crippen LogP contribution in [0.15, 0.2) is 42.5 Å². The minimum atomic E-state index is -0.274. The highest BCUT2D eigenvalue weighted by molar-refractivity contribution is 5.48. The quantitative estimate of drug-likeness (QED) is 0.407. The molecule has 2 aromatic rings. The van der Waals surface area contributed by atoms with Crippen LogP contribution in [-0.2, 0) is 17.7 Å². The van der Waals surface area contributed by atoms with Gasteiger partial charge in [-0.25, -0.2) is 0 Å². The topological polar surface area (TPSA) is 55.6 Å². The number of aryl methyl sites for hydroxylation is 3. The molecular weight excluding hydrogens is 376 g/mol. The summed E-state index contributed by atoms with van der Waals surface area (Å²) in [6.45, 7) is 10.3. The number of hydrogen-bond donors (Lipinski definition) is 0. The van der Waals surface area contributed by atoms with E-state index in [1.807, 2.05) is 26.0 Å². The van der Waals surface area contributed by atoms with E-state index in [-0.39, 0.29) is 16.0 Å². The van der Waals surface area contributed by atoms with Crippen LogP contribution in [0.2, 0.25) is 0 Å². The van der Waals surface area contributed by atoms with Gasteiger partial charge in [-0.2, -0.15) is 0 Å². The monoisotopic (exact) mass is 410 g/mol. The molecule has 1 aliphatic heterocycles. The predicted molar refractivity (Wildman–Crippen MR) is 121 cm³/mol. The first kappa shape index (κ1) is 22.4. The number of nitrogens with zero attached hydrogens (tertiary/aromatic N) is 2. The van der Waals surface area contributed by atoms with Crippen molar-refractivity contribution >= 4 is 5.69 Å². The second-order valence-electron chi connectivity index (χ2n) is 8.73. The third kappa shape index (κ3) is 5.67. The van der Waals surface area contributed by atoms with Crippen molar-refractivity contribution in [3.05, 3.63) is 74.8 Å². The molecule has 0 unspecified atom stereocenters. The van der Waals surface area contributed by atoms with E-state index < -0.39 is 0 Å². The van der Waals surface area contributed by atoms with Gasteiger partial charge in [0.05, 0.1) is 11.5 Å². The van der Waals surface area contributed by atoms with E-state index in [1.165, 1.54) is 5.56 Å². The molecule has 1 saturated heterocycles. The molecule has 0 aliphatic carbocycles. The van der Waals surface area contributed by atoms with E-state index in [0.29, 0.717) is 0 Å². The number of nitro benzene ring substituents is 1. The van der Waals surface area contributed by atoms with Crippen molar-refractivity contribution in [1.82, 2.24) is 4.90 Å². The first-order valence-electron chi connectivity index (χ1n) is 11.0. The zero-order valence-corrected chi connectivity index (χ0v) is 18.5. The summed E-state index contributed by atoms with van der Waals surface area (Å²) in [4.78, 5) is 13.5. The number of nitro groups is 1. The van der Waals surface area contributed by atoms with Gasteiger partial charge < -0.3 is 4.74 Å². The summed E-state index contributed by atoms with van der Waals surface area (Å²) in [5.41, 5.74) is 4.55. The molecule has 162 valence electrons. The van der Waals surface area contributed by atoms with Crippen molar-refractivity contribution in [3.63, 3.8) is 0 Å². The van der Waals surface area contributed by atoms with Crippen molar-refractivity contribution in [2.45, 2.75) is 53.0 Å². The lowest BCUT2D eigenvalue weighted by molar-refractivity contribution is -0.386. The summed E-state index contributed by atoms with van der Waals surface area (Å²) in [5.74, 6) is 0. The van der Waals surface area contributed by atoms with Gasteiger partial charge in [0.2, 0.25) is 0 Å². The number of likely N-dealkylation sites (tertiary alicyclic amines) is 1. The molecule has 5 nitrogen and oxygen atoms in total. The maximum Gasteiger partial charge on any atom is 0.275 e. The molecule has 0 bridgehead atoms. The van der Waals surface area contributed by atoms with Gasteiger partial charge in [0.15, 0.2) is 0 Å². The molecule has 1 fully saturated rings. The molecule has 3 rings (SSSR count). The standard InChI is InChI=1S/C25H34N2O3/c1-4-30-19-25(11-10-22-8-6-5-7-9-22)12-14-26(15-13-25)18-23-16-20(2)24(27(28)29)21(3)17-23/h5-9,16-17H,4,10-15,18-19H2,1-3H3. The zero-order chi connectivity index (χ0) is 21.6. The Hall–Kier alpha value is -2.24. The second-order valence-corrected chi connectivity index (χ2v) is 8.73. The molecule has 2 aromatic carbocycles. The Kier molecular flexibility index (Phi) is 7.62. The lowest BCUT2D eigenvalue weighted by Gasteiger charge is -2.42. The number of rotatable bonds is 9. The molecule has 0 radical (unpaired) electrons. The van der Waals surface area contributed by atoms with Gasteiger partial charge >= 0.3 is 0 Å². The highest BCUT2D eigenvalue weighted by Crippen LogP contribution is 2.37. The van der Waals surface area contributed by atoms with Crippen LogP contribution in [0.5, 0.6) is 0 Å². The van der Waals surface area contributed by atoms with Crippen LogP contribution < -0.4 is 0 Å². The van der Waals surface area contributed by atoms with Crippen molar-refractivity contribution < 1.29 is 9.66 Å². The van der Waals surface area contributed by atoms with Gasteiger partial charge in [0.1, 0.15) is 0 Å². The van der Waals surface area contributed by atoms with Crippen LogP contribution in [0.4, 0.5) is 5.69 Å². The molecule has 1 aliphatic rings. The van der Waals surface area contributed by atoms with E-state index in [2.05, 4.69) is 42.2 Å². The van der Waals surface area contributed by atoms with Crippen LogP contribution in [0, 0.1) is 29.4 Å². The molecule has 0 spiro atoms. The van der Waals surface area contributed by atoms with Gasteiger partial charge in [0.25, 0.3) is 5.69 Å². The second kappa shape index (κ2) is 10.2. The predicted octanol–water partition coefficient (Wildman–Crippen LogP) is 5.46. The van der Waals surface area contributed by atoms with Gasteiger partial charge in [-0.15, -0.1) is 0 Å². The Bertz CT molecular complexity index is 820. The molecule has 0 N–H and O–H groups in total. The largest absolute Gasteiger partial charge is 0.381 e. The summed E-state index contributed by atoms with van der Waals surface area (Å²) < 4.78 is 5.90. The van der Waals surface area contributed by atoms with E-state index in [9.17, 15) is 10.1 Å². The highest BCUT2D eigenvalue weighted by Gasteiger charge is 2.34. The van der Waals surface area contributed by atoms with Crippen molar-refractivity contribution in [3.8, 4) is 0 Å². The number of piperidine rings is 1. The van der Waals surface area contributed by atoms with Crippen LogP contribution in [0.3, 0.4) is 0 Å². The van der Waals surface area contributed by atoms with Gasteiger partial charge in [-0.3, -0.25) is 15.0 Å². The Morgan fingerprint density at radius 1 is 1.07 bits per heavy atom. The smallest absolute Gasteiger partial charge is 0.275 e. The average molecular weight is 411 g/mol. The maximum atomic E-state index is 11.2. The van der Waals surface area contributed by atoms with Crippen LogP contribution in [-0.4, -0.2) is 36.1 Å². The van der Waals surface area contributed by atoms with Crippen LogP contribution in [0.1, 0.15) is 48.4 Å². The van der Waals surface area contributed by atoms with Crippen molar-refractivity contribution in [1.29, 1.82) is 0 Å². The highest BCUT2D eigenvalue weighted by atomic mass is 16.6. The van der Waals surface area contributed by atoms with Crippen molar-refractivity contribution in [2.24, 2.45) is 5.41 Å². The lowest BCUT2D eigenvalue weighted by atomic mass is 9.74. The van der Waals surface area contributed by atoms with E-state index in [0.717, 1.165) is 75.2 Å². The normalized spacial score (nSPS) is 16.5. The number of ether oxygens (including phenoxy) is 1. The third-order valence-electron chi connectivity index (χ3n) is 6.46. The SMILES string of the molecule is CCOCC1(CCc2ccccc2)CCN(Cc2cc(C)c([N+](=O)[O-])c(C)c2)CC1. The van der Waals surface area contributed by atoms with E-state index in [4.69, 9.17) is 4.74 Å². The summed E-state index contributed by atoms with van der Waals surface area (Å²) >= 11 is 0. The molecule has 0 amide bonds. The molecule has 30 heavy (non-hydrogen) atoms. The molecule has 5 heteroatoms. The fourth-order valence-electron chi connectivity index (χ4n) is 4.71. The minimum absolute atomic E-state index is 0.240.